The van der Waals surface area contributed by atoms with Gasteiger partial charge in [0, 0.05) is 20.1 Å². The number of thioether (sulfide) groups is 1. The van der Waals surface area contributed by atoms with Crippen LogP contribution in [0.2, 0.25) is 0 Å². The average molecular weight is 272 g/mol. The second kappa shape index (κ2) is 6.08. The van der Waals surface area contributed by atoms with Crippen LogP contribution < -0.4 is 4.90 Å². The van der Waals surface area contributed by atoms with E-state index in [2.05, 4.69) is 24.0 Å². The Hall–Kier alpha value is -1.24. The van der Waals surface area contributed by atoms with Crippen molar-refractivity contribution in [1.82, 2.24) is 14.8 Å². The largest absolute Gasteiger partial charge is 0.468 e. The number of methoxy groups -OCH3 is 1. The highest BCUT2D eigenvalue weighted by Crippen LogP contribution is 2.28. The van der Waals surface area contributed by atoms with Crippen LogP contribution in [0.1, 0.15) is 26.8 Å². The van der Waals surface area contributed by atoms with Gasteiger partial charge in [-0.3, -0.25) is 9.36 Å². The summed E-state index contributed by atoms with van der Waals surface area (Å²) in [6.07, 6.45) is 0. The average Bonchev–Trinajstić information content (AvgIpc) is 2.71. The Balaban J connectivity index is 2.99. The van der Waals surface area contributed by atoms with E-state index in [4.69, 9.17) is 4.74 Å². The quantitative estimate of drug-likeness (QED) is 0.599. The minimum Gasteiger partial charge on any atom is -0.468 e. The number of carbonyl (C=O) groups excluding carboxylic acids is 1. The molecule has 1 aromatic rings. The highest BCUT2D eigenvalue weighted by molar-refractivity contribution is 8.00. The van der Waals surface area contributed by atoms with Crippen molar-refractivity contribution in [2.75, 3.05) is 26.1 Å². The van der Waals surface area contributed by atoms with Crippen LogP contribution in [0, 0.1) is 0 Å². The molecule has 0 aliphatic carbocycles. The molecule has 0 fully saturated rings. The minimum atomic E-state index is -0.299. The van der Waals surface area contributed by atoms with Gasteiger partial charge in [0.1, 0.15) is 5.25 Å². The summed E-state index contributed by atoms with van der Waals surface area (Å²) >= 11 is 1.36. The highest BCUT2D eigenvalue weighted by atomic mass is 32.2. The number of hydrogen-bond acceptors (Lipinski definition) is 6. The molecule has 7 heteroatoms. The van der Waals surface area contributed by atoms with E-state index in [0.29, 0.717) is 0 Å². The third-order valence-corrected chi connectivity index (χ3v) is 3.41. The SMILES string of the molecule is COC(=O)[C@@H](C)Sc1nnc(N(C)C)n1C(C)C. The van der Waals surface area contributed by atoms with Gasteiger partial charge in [-0.2, -0.15) is 0 Å². The second-order valence-electron chi connectivity index (χ2n) is 4.42. The summed E-state index contributed by atoms with van der Waals surface area (Å²) in [5, 5.41) is 8.71. The van der Waals surface area contributed by atoms with Crippen LogP contribution in [0.4, 0.5) is 5.95 Å². The van der Waals surface area contributed by atoms with Gasteiger partial charge in [0.05, 0.1) is 7.11 Å². The number of nitrogens with zero attached hydrogens (tertiary/aromatic N) is 4. The Morgan fingerprint density at radius 2 is 1.94 bits per heavy atom. The van der Waals surface area contributed by atoms with Crippen molar-refractivity contribution in [3.05, 3.63) is 0 Å². The standard InChI is InChI=1S/C11H20N4O2S/c1-7(2)15-10(14(4)5)12-13-11(15)18-8(3)9(16)17-6/h7-8H,1-6H3/t8-/m1/s1. The summed E-state index contributed by atoms with van der Waals surface area (Å²) in [6.45, 7) is 5.91. The van der Waals surface area contributed by atoms with E-state index in [9.17, 15) is 4.79 Å². The van der Waals surface area contributed by atoms with Gasteiger partial charge in [0.2, 0.25) is 5.95 Å². The van der Waals surface area contributed by atoms with E-state index in [1.165, 1.54) is 18.9 Å². The van der Waals surface area contributed by atoms with Crippen LogP contribution in [-0.4, -0.2) is 47.2 Å². The van der Waals surface area contributed by atoms with E-state index in [0.717, 1.165) is 11.1 Å². The Kier molecular flexibility index (Phi) is 5.01. The summed E-state index contributed by atoms with van der Waals surface area (Å²) < 4.78 is 6.72. The molecule has 0 unspecified atom stereocenters. The van der Waals surface area contributed by atoms with Crippen LogP contribution in [0.5, 0.6) is 0 Å². The summed E-state index contributed by atoms with van der Waals surface area (Å²) in [5.41, 5.74) is 0. The van der Waals surface area contributed by atoms with Crippen molar-refractivity contribution in [3.8, 4) is 0 Å². The molecule has 0 amide bonds. The first kappa shape index (κ1) is 14.8. The fourth-order valence-electron chi connectivity index (χ4n) is 1.48. The number of aromatic nitrogens is 3. The lowest BCUT2D eigenvalue weighted by molar-refractivity contribution is -0.139. The van der Waals surface area contributed by atoms with E-state index in [-0.39, 0.29) is 17.3 Å². The van der Waals surface area contributed by atoms with Crippen molar-refractivity contribution >= 4 is 23.7 Å². The number of hydrogen-bond donors (Lipinski definition) is 0. The lowest BCUT2D eigenvalue weighted by atomic mass is 10.4. The predicted octanol–water partition coefficient (Wildman–Crippen LogP) is 1.58. The molecule has 0 saturated heterocycles. The van der Waals surface area contributed by atoms with Crippen molar-refractivity contribution in [2.24, 2.45) is 0 Å². The number of esters is 1. The van der Waals surface area contributed by atoms with Gasteiger partial charge >= 0.3 is 5.97 Å². The molecule has 18 heavy (non-hydrogen) atoms. The molecular formula is C11H20N4O2S. The smallest absolute Gasteiger partial charge is 0.318 e. The van der Waals surface area contributed by atoms with Crippen LogP contribution >= 0.6 is 11.8 Å². The Bertz CT molecular complexity index is 417. The van der Waals surface area contributed by atoms with Crippen LogP contribution in [0.3, 0.4) is 0 Å². The van der Waals surface area contributed by atoms with Crippen molar-refractivity contribution in [1.29, 1.82) is 0 Å². The van der Waals surface area contributed by atoms with Crippen molar-refractivity contribution < 1.29 is 9.53 Å². The summed E-state index contributed by atoms with van der Waals surface area (Å²) in [5.74, 6) is 0.522. The number of ether oxygens (including phenoxy) is 1. The molecule has 0 bridgehead atoms. The number of anilines is 1. The monoisotopic (exact) mass is 272 g/mol. The van der Waals surface area contributed by atoms with Crippen LogP contribution in [0.15, 0.2) is 5.16 Å². The number of rotatable bonds is 5. The lowest BCUT2D eigenvalue weighted by Gasteiger charge is -2.18. The zero-order valence-electron chi connectivity index (χ0n) is 11.7. The molecule has 102 valence electrons. The van der Waals surface area contributed by atoms with Gasteiger partial charge in [-0.25, -0.2) is 0 Å². The third-order valence-electron chi connectivity index (χ3n) is 2.38. The maximum absolute atomic E-state index is 11.4. The molecule has 6 nitrogen and oxygen atoms in total. The maximum atomic E-state index is 11.4. The molecule has 1 atom stereocenters. The molecule has 1 rings (SSSR count). The topological polar surface area (TPSA) is 60.2 Å². The van der Waals surface area contributed by atoms with E-state index < -0.39 is 0 Å². The minimum absolute atomic E-state index is 0.227. The normalized spacial score (nSPS) is 12.6. The van der Waals surface area contributed by atoms with E-state index in [1.807, 2.05) is 23.6 Å². The first-order valence-electron chi connectivity index (χ1n) is 5.75. The molecule has 0 N–H and O–H groups in total. The number of carbonyl (C=O) groups is 1. The summed E-state index contributed by atoms with van der Waals surface area (Å²) in [4.78, 5) is 13.3. The molecule has 0 saturated carbocycles. The maximum Gasteiger partial charge on any atom is 0.318 e. The first-order valence-corrected chi connectivity index (χ1v) is 6.63. The van der Waals surface area contributed by atoms with Gasteiger partial charge in [-0.15, -0.1) is 10.2 Å². The van der Waals surface area contributed by atoms with Gasteiger partial charge in [-0.1, -0.05) is 11.8 Å². The molecule has 0 spiro atoms. The molecule has 0 radical (unpaired) electrons. The van der Waals surface area contributed by atoms with Crippen molar-refractivity contribution in [2.45, 2.75) is 37.2 Å². The second-order valence-corrected chi connectivity index (χ2v) is 5.73. The van der Waals surface area contributed by atoms with Gasteiger partial charge < -0.3 is 9.64 Å². The molecule has 1 heterocycles. The summed E-state index contributed by atoms with van der Waals surface area (Å²) in [6, 6.07) is 0.227. The predicted molar refractivity (Wildman–Crippen MR) is 72.1 cm³/mol. The van der Waals surface area contributed by atoms with E-state index >= 15 is 0 Å². The van der Waals surface area contributed by atoms with E-state index in [1.54, 1.807) is 6.92 Å². The van der Waals surface area contributed by atoms with Gasteiger partial charge in [0.15, 0.2) is 5.16 Å². The lowest BCUT2D eigenvalue weighted by Crippen LogP contribution is -2.19. The highest BCUT2D eigenvalue weighted by Gasteiger charge is 2.22. The van der Waals surface area contributed by atoms with Gasteiger partial charge in [0.25, 0.3) is 0 Å². The van der Waals surface area contributed by atoms with Crippen molar-refractivity contribution in [3.63, 3.8) is 0 Å². The molecule has 0 aliphatic rings. The Morgan fingerprint density at radius 1 is 1.33 bits per heavy atom. The zero-order chi connectivity index (χ0) is 13.9. The summed E-state index contributed by atoms with van der Waals surface area (Å²) in [7, 11) is 5.22. The fourth-order valence-corrected chi connectivity index (χ4v) is 2.48. The molecule has 0 aromatic carbocycles. The molecule has 1 aromatic heterocycles. The van der Waals surface area contributed by atoms with Crippen LogP contribution in [-0.2, 0) is 9.53 Å². The first-order chi connectivity index (χ1) is 8.38. The zero-order valence-corrected chi connectivity index (χ0v) is 12.5. The van der Waals surface area contributed by atoms with Crippen LogP contribution in [0.25, 0.3) is 0 Å². The molecule has 0 aliphatic heterocycles. The third kappa shape index (κ3) is 3.16. The Labute approximate surface area is 112 Å². The molecular weight excluding hydrogens is 252 g/mol. The Morgan fingerprint density at radius 3 is 2.39 bits per heavy atom. The van der Waals surface area contributed by atoms with Gasteiger partial charge in [-0.05, 0) is 20.8 Å². The fraction of sp³-hybridized carbons (Fsp3) is 0.727.